The molecule has 1 atom stereocenters. The summed E-state index contributed by atoms with van der Waals surface area (Å²) in [6, 6.07) is 6.94. The zero-order chi connectivity index (χ0) is 14.5. The van der Waals surface area contributed by atoms with Gasteiger partial charge >= 0.3 is 6.09 Å². The van der Waals surface area contributed by atoms with Crippen LogP contribution in [0.2, 0.25) is 0 Å². The number of halogens is 1. The molecule has 0 spiro atoms. The van der Waals surface area contributed by atoms with Crippen LogP contribution >= 0.6 is 0 Å². The summed E-state index contributed by atoms with van der Waals surface area (Å²) >= 11 is 0. The molecule has 1 aromatic rings. The smallest absolute Gasteiger partial charge is 0.404 e. The SMILES string of the molecule is CC(c1ccc(F)cc1)N1CCC(COC(N)=O)CC1. The van der Waals surface area contributed by atoms with Crippen molar-refractivity contribution in [2.75, 3.05) is 19.7 Å². The van der Waals surface area contributed by atoms with Crippen LogP contribution in [0.25, 0.3) is 0 Å². The molecule has 2 rings (SSSR count). The van der Waals surface area contributed by atoms with Crippen LogP contribution in [0.4, 0.5) is 9.18 Å². The van der Waals surface area contributed by atoms with Gasteiger partial charge in [-0.2, -0.15) is 0 Å². The number of carbonyl (C=O) groups excluding carboxylic acids is 1. The van der Waals surface area contributed by atoms with Crippen molar-refractivity contribution in [2.45, 2.75) is 25.8 Å². The van der Waals surface area contributed by atoms with Crippen LogP contribution in [-0.2, 0) is 4.74 Å². The van der Waals surface area contributed by atoms with Crippen LogP contribution in [0.3, 0.4) is 0 Å². The summed E-state index contributed by atoms with van der Waals surface area (Å²) in [7, 11) is 0. The lowest BCUT2D eigenvalue weighted by Crippen LogP contribution is -2.37. The van der Waals surface area contributed by atoms with Gasteiger partial charge in [-0.15, -0.1) is 0 Å². The Hall–Kier alpha value is -1.62. The summed E-state index contributed by atoms with van der Waals surface area (Å²) in [5.41, 5.74) is 6.09. The van der Waals surface area contributed by atoms with Crippen LogP contribution in [0.1, 0.15) is 31.4 Å². The van der Waals surface area contributed by atoms with E-state index < -0.39 is 6.09 Å². The predicted molar refractivity (Wildman–Crippen MR) is 74.6 cm³/mol. The highest BCUT2D eigenvalue weighted by molar-refractivity contribution is 5.64. The standard InChI is InChI=1S/C15H21FN2O2/c1-11(13-2-4-14(16)5-3-13)18-8-6-12(7-9-18)10-20-15(17)19/h2-5,11-12H,6-10H2,1H3,(H2,17,19). The van der Waals surface area contributed by atoms with Gasteiger partial charge in [0.15, 0.2) is 0 Å². The Labute approximate surface area is 118 Å². The largest absolute Gasteiger partial charge is 0.449 e. The summed E-state index contributed by atoms with van der Waals surface area (Å²) in [6.45, 7) is 4.44. The van der Waals surface area contributed by atoms with E-state index in [9.17, 15) is 9.18 Å². The fourth-order valence-electron chi connectivity index (χ4n) is 2.66. The Morgan fingerprint density at radius 1 is 1.40 bits per heavy atom. The zero-order valence-electron chi connectivity index (χ0n) is 11.7. The Morgan fingerprint density at radius 2 is 2.00 bits per heavy atom. The first kappa shape index (κ1) is 14.8. The molecule has 0 aromatic heterocycles. The molecule has 0 aliphatic carbocycles. The minimum atomic E-state index is -0.702. The molecule has 1 saturated heterocycles. The molecule has 5 heteroatoms. The lowest BCUT2D eigenvalue weighted by atomic mass is 9.95. The third-order valence-electron chi connectivity index (χ3n) is 4.01. The number of carbonyl (C=O) groups is 1. The van der Waals surface area contributed by atoms with Gasteiger partial charge in [-0.1, -0.05) is 12.1 Å². The molecule has 1 aromatic carbocycles. The summed E-state index contributed by atoms with van der Waals surface area (Å²) in [6.07, 6.45) is 1.27. The van der Waals surface area contributed by atoms with Crippen molar-refractivity contribution in [1.29, 1.82) is 0 Å². The molecule has 2 N–H and O–H groups in total. The second kappa shape index (κ2) is 6.70. The summed E-state index contributed by atoms with van der Waals surface area (Å²) < 4.78 is 17.8. The van der Waals surface area contributed by atoms with E-state index >= 15 is 0 Å². The van der Waals surface area contributed by atoms with E-state index in [1.165, 1.54) is 12.1 Å². The van der Waals surface area contributed by atoms with Crippen molar-refractivity contribution in [2.24, 2.45) is 11.7 Å². The average molecular weight is 280 g/mol. The number of rotatable bonds is 4. The number of benzene rings is 1. The number of ether oxygens (including phenoxy) is 1. The molecule has 20 heavy (non-hydrogen) atoms. The monoisotopic (exact) mass is 280 g/mol. The minimum absolute atomic E-state index is 0.205. The Balaban J connectivity index is 1.83. The van der Waals surface area contributed by atoms with Crippen LogP contribution in [-0.4, -0.2) is 30.7 Å². The number of piperidine rings is 1. The van der Waals surface area contributed by atoms with Gasteiger partial charge in [0, 0.05) is 6.04 Å². The van der Waals surface area contributed by atoms with Crippen LogP contribution < -0.4 is 5.73 Å². The van der Waals surface area contributed by atoms with E-state index in [0.29, 0.717) is 12.5 Å². The third kappa shape index (κ3) is 3.93. The first-order valence-electron chi connectivity index (χ1n) is 6.98. The fourth-order valence-corrected chi connectivity index (χ4v) is 2.66. The van der Waals surface area contributed by atoms with Gasteiger partial charge in [0.2, 0.25) is 0 Å². The first-order chi connectivity index (χ1) is 9.56. The normalized spacial score (nSPS) is 18.7. The summed E-state index contributed by atoms with van der Waals surface area (Å²) in [5, 5.41) is 0. The summed E-state index contributed by atoms with van der Waals surface area (Å²) in [5.74, 6) is 0.183. The number of primary amides is 1. The summed E-state index contributed by atoms with van der Waals surface area (Å²) in [4.78, 5) is 13.0. The molecule has 4 nitrogen and oxygen atoms in total. The highest BCUT2D eigenvalue weighted by Crippen LogP contribution is 2.26. The molecule has 110 valence electrons. The molecule has 1 unspecified atom stereocenters. The van der Waals surface area contributed by atoms with E-state index in [1.54, 1.807) is 0 Å². The van der Waals surface area contributed by atoms with Crippen molar-refractivity contribution in [1.82, 2.24) is 4.90 Å². The van der Waals surface area contributed by atoms with Crippen molar-refractivity contribution in [3.63, 3.8) is 0 Å². The van der Waals surface area contributed by atoms with Crippen LogP contribution in [0, 0.1) is 11.7 Å². The molecule has 0 saturated carbocycles. The Morgan fingerprint density at radius 3 is 2.55 bits per heavy atom. The molecule has 1 aliphatic rings. The second-order valence-electron chi connectivity index (χ2n) is 5.34. The van der Waals surface area contributed by atoms with Gasteiger partial charge in [0.05, 0.1) is 6.61 Å². The maximum Gasteiger partial charge on any atom is 0.404 e. The highest BCUT2D eigenvalue weighted by atomic mass is 19.1. The minimum Gasteiger partial charge on any atom is -0.449 e. The van der Waals surface area contributed by atoms with Crippen molar-refractivity contribution < 1.29 is 13.9 Å². The fraction of sp³-hybridized carbons (Fsp3) is 0.533. The molecule has 1 heterocycles. The van der Waals surface area contributed by atoms with Crippen molar-refractivity contribution in [3.05, 3.63) is 35.6 Å². The van der Waals surface area contributed by atoms with Crippen molar-refractivity contribution >= 4 is 6.09 Å². The predicted octanol–water partition coefficient (Wildman–Crippen LogP) is 2.69. The van der Waals surface area contributed by atoms with Gasteiger partial charge in [-0.25, -0.2) is 9.18 Å². The lowest BCUT2D eigenvalue weighted by Gasteiger charge is -2.36. The Bertz CT molecular complexity index is 442. The first-order valence-corrected chi connectivity index (χ1v) is 6.98. The number of amides is 1. The van der Waals surface area contributed by atoms with Gasteiger partial charge in [0.25, 0.3) is 0 Å². The number of likely N-dealkylation sites (tertiary alicyclic amines) is 1. The van der Waals surface area contributed by atoms with E-state index in [4.69, 9.17) is 10.5 Å². The number of hydrogen-bond acceptors (Lipinski definition) is 3. The van der Waals surface area contributed by atoms with Gasteiger partial charge < -0.3 is 10.5 Å². The maximum atomic E-state index is 12.9. The highest BCUT2D eigenvalue weighted by Gasteiger charge is 2.24. The molecular weight excluding hydrogens is 259 g/mol. The molecule has 0 radical (unpaired) electrons. The quantitative estimate of drug-likeness (QED) is 0.922. The number of nitrogens with zero attached hydrogens (tertiary/aromatic N) is 1. The van der Waals surface area contributed by atoms with Crippen LogP contribution in [0.5, 0.6) is 0 Å². The zero-order valence-corrected chi connectivity index (χ0v) is 11.7. The third-order valence-corrected chi connectivity index (χ3v) is 4.01. The Kier molecular flexibility index (Phi) is 4.95. The van der Waals surface area contributed by atoms with E-state index in [1.807, 2.05) is 12.1 Å². The van der Waals surface area contributed by atoms with Gasteiger partial charge in [-0.05, 0) is 56.5 Å². The van der Waals surface area contributed by atoms with E-state index in [2.05, 4.69) is 11.8 Å². The molecule has 1 fully saturated rings. The topological polar surface area (TPSA) is 55.6 Å². The number of nitrogens with two attached hydrogens (primary N) is 1. The van der Waals surface area contributed by atoms with Gasteiger partial charge in [-0.3, -0.25) is 4.90 Å². The maximum absolute atomic E-state index is 12.9. The molecule has 1 aliphatic heterocycles. The van der Waals surface area contributed by atoms with Crippen LogP contribution in [0.15, 0.2) is 24.3 Å². The van der Waals surface area contributed by atoms with E-state index in [0.717, 1.165) is 31.5 Å². The lowest BCUT2D eigenvalue weighted by molar-refractivity contribution is 0.0879. The second-order valence-corrected chi connectivity index (χ2v) is 5.34. The van der Waals surface area contributed by atoms with Gasteiger partial charge in [0.1, 0.15) is 5.82 Å². The average Bonchev–Trinajstić information content (AvgIpc) is 2.46. The van der Waals surface area contributed by atoms with E-state index in [-0.39, 0.29) is 11.9 Å². The van der Waals surface area contributed by atoms with Crippen molar-refractivity contribution in [3.8, 4) is 0 Å². The molecule has 0 bridgehead atoms. The molecule has 1 amide bonds. The number of hydrogen-bond donors (Lipinski definition) is 1. The molecular formula is C15H21FN2O2.